The lowest BCUT2D eigenvalue weighted by molar-refractivity contribution is -0.0443. The molecule has 0 fully saturated rings. The fourth-order valence-corrected chi connectivity index (χ4v) is 1.92. The van der Waals surface area contributed by atoms with Gasteiger partial charge < -0.3 is 4.84 Å². The van der Waals surface area contributed by atoms with Gasteiger partial charge in [0.25, 0.3) is 9.84 Å². The highest BCUT2D eigenvalue weighted by Crippen LogP contribution is 2.29. The highest BCUT2D eigenvalue weighted by molar-refractivity contribution is 7.93. The zero-order valence-corrected chi connectivity index (χ0v) is 7.32. The zero-order chi connectivity index (χ0) is 10.3. The van der Waals surface area contributed by atoms with Crippen LogP contribution in [0.2, 0.25) is 0 Å². The highest BCUT2D eigenvalue weighted by atomic mass is 32.2. The molecule has 1 atom stereocenters. The van der Waals surface area contributed by atoms with Crippen LogP contribution in [0.3, 0.4) is 0 Å². The predicted molar refractivity (Wildman–Crippen MR) is 37.8 cm³/mol. The number of sulfone groups is 1. The van der Waals surface area contributed by atoms with Crippen LogP contribution in [-0.2, 0) is 14.7 Å². The largest absolute Gasteiger partial charge is 0.498 e. The summed E-state index contributed by atoms with van der Waals surface area (Å²) in [5.74, 6) is 0. The smallest absolute Gasteiger partial charge is 0.394 e. The molecule has 8 heteroatoms. The molecule has 13 heavy (non-hydrogen) atoms. The van der Waals surface area contributed by atoms with Crippen molar-refractivity contribution in [3.05, 3.63) is 0 Å². The van der Waals surface area contributed by atoms with Crippen LogP contribution in [0.1, 0.15) is 6.92 Å². The first-order chi connectivity index (χ1) is 5.77. The second-order valence-corrected chi connectivity index (χ2v) is 4.63. The van der Waals surface area contributed by atoms with Gasteiger partial charge in [0.05, 0.1) is 5.71 Å². The van der Waals surface area contributed by atoms with Crippen LogP contribution in [0.5, 0.6) is 0 Å². The lowest BCUT2D eigenvalue weighted by Gasteiger charge is -2.12. The zero-order valence-electron chi connectivity index (χ0n) is 6.50. The summed E-state index contributed by atoms with van der Waals surface area (Å²) in [6.07, 6.45) is 0. The third-order valence-corrected chi connectivity index (χ3v) is 3.47. The molecule has 4 nitrogen and oxygen atoms in total. The van der Waals surface area contributed by atoms with Crippen LogP contribution in [-0.4, -0.2) is 31.5 Å². The minimum absolute atomic E-state index is 0.169. The minimum atomic E-state index is -5.25. The van der Waals surface area contributed by atoms with Crippen LogP contribution in [0, 0.1) is 0 Å². The lowest BCUT2D eigenvalue weighted by Crippen LogP contribution is -2.38. The molecular formula is C5H6F3NO3S. The second-order valence-electron chi connectivity index (χ2n) is 2.51. The topological polar surface area (TPSA) is 55.7 Å². The Hall–Kier alpha value is -0.790. The fraction of sp³-hybridized carbons (Fsp3) is 0.800. The van der Waals surface area contributed by atoms with Gasteiger partial charge in [-0.15, -0.1) is 0 Å². The number of hydrogen-bond acceptors (Lipinski definition) is 4. The van der Waals surface area contributed by atoms with E-state index in [1.165, 1.54) is 6.92 Å². The quantitative estimate of drug-likeness (QED) is 0.649. The molecule has 76 valence electrons. The first kappa shape index (κ1) is 10.3. The van der Waals surface area contributed by atoms with Crippen LogP contribution in [0.15, 0.2) is 5.16 Å². The SMILES string of the molecule is CC1=NOCC1S(=O)(=O)C(F)(F)F. The normalized spacial score (nSPS) is 24.0. The summed E-state index contributed by atoms with van der Waals surface area (Å²) in [5.41, 5.74) is -5.42. The van der Waals surface area contributed by atoms with Crippen molar-refractivity contribution in [2.75, 3.05) is 6.61 Å². The van der Waals surface area contributed by atoms with Crippen molar-refractivity contribution in [2.45, 2.75) is 17.7 Å². The number of halogens is 3. The molecule has 0 aliphatic carbocycles. The first-order valence-electron chi connectivity index (χ1n) is 3.23. The maximum Gasteiger partial charge on any atom is 0.498 e. The van der Waals surface area contributed by atoms with E-state index in [0.29, 0.717) is 0 Å². The van der Waals surface area contributed by atoms with E-state index in [1.54, 1.807) is 0 Å². The van der Waals surface area contributed by atoms with Crippen LogP contribution >= 0.6 is 0 Å². The third kappa shape index (κ3) is 1.62. The van der Waals surface area contributed by atoms with Crippen LogP contribution in [0.25, 0.3) is 0 Å². The Morgan fingerprint density at radius 1 is 1.54 bits per heavy atom. The van der Waals surface area contributed by atoms with Gasteiger partial charge in [-0.1, -0.05) is 5.16 Å². The summed E-state index contributed by atoms with van der Waals surface area (Å²) in [5, 5.41) is 1.45. The molecule has 0 aromatic carbocycles. The summed E-state index contributed by atoms with van der Waals surface area (Å²) in [4.78, 5) is 4.26. The summed E-state index contributed by atoms with van der Waals surface area (Å²) < 4.78 is 57.4. The fourth-order valence-electron chi connectivity index (χ4n) is 0.862. The Morgan fingerprint density at radius 3 is 2.38 bits per heavy atom. The van der Waals surface area contributed by atoms with E-state index >= 15 is 0 Å². The van der Waals surface area contributed by atoms with Gasteiger partial charge >= 0.3 is 5.51 Å². The van der Waals surface area contributed by atoms with E-state index in [2.05, 4.69) is 9.99 Å². The van der Waals surface area contributed by atoms with Gasteiger partial charge in [-0.05, 0) is 6.92 Å². The molecule has 1 heterocycles. The van der Waals surface area contributed by atoms with Crippen molar-refractivity contribution in [3.63, 3.8) is 0 Å². The Bertz CT molecular complexity index is 331. The Kier molecular flexibility index (Phi) is 2.27. The minimum Gasteiger partial charge on any atom is -0.394 e. The van der Waals surface area contributed by atoms with E-state index in [0.717, 1.165) is 0 Å². The standard InChI is InChI=1S/C5H6F3NO3S/c1-3-4(2-12-9-3)13(10,11)5(6,7)8/h4H,2H2,1H3. The maximum absolute atomic E-state index is 12.0. The van der Waals surface area contributed by atoms with Crippen LogP contribution < -0.4 is 0 Å². The molecule has 1 aliphatic heterocycles. The van der Waals surface area contributed by atoms with Crippen molar-refractivity contribution in [1.82, 2.24) is 0 Å². The molecule has 0 amide bonds. The molecule has 0 saturated heterocycles. The van der Waals surface area contributed by atoms with Gasteiger partial charge in [-0.3, -0.25) is 0 Å². The van der Waals surface area contributed by atoms with E-state index in [1.807, 2.05) is 0 Å². The third-order valence-electron chi connectivity index (χ3n) is 1.60. The van der Waals surface area contributed by atoms with Crippen LogP contribution in [0.4, 0.5) is 13.2 Å². The molecule has 1 unspecified atom stereocenters. The number of hydrogen-bond donors (Lipinski definition) is 0. The molecule has 1 aliphatic rings. The molecule has 0 bridgehead atoms. The Labute approximate surface area is 72.3 Å². The van der Waals surface area contributed by atoms with Gasteiger partial charge in [-0.2, -0.15) is 13.2 Å². The van der Waals surface area contributed by atoms with E-state index < -0.39 is 27.2 Å². The lowest BCUT2D eigenvalue weighted by atomic mass is 10.3. The Morgan fingerprint density at radius 2 is 2.08 bits per heavy atom. The van der Waals surface area contributed by atoms with Gasteiger partial charge in [0, 0.05) is 0 Å². The van der Waals surface area contributed by atoms with E-state index in [-0.39, 0.29) is 5.71 Å². The molecule has 0 aromatic rings. The summed E-state index contributed by atoms with van der Waals surface area (Å²) in [6.45, 7) is 0.620. The summed E-state index contributed by atoms with van der Waals surface area (Å²) in [6, 6.07) is 0. The summed E-state index contributed by atoms with van der Waals surface area (Å²) in [7, 11) is -5.18. The number of alkyl halides is 3. The van der Waals surface area contributed by atoms with Crippen molar-refractivity contribution < 1.29 is 26.4 Å². The van der Waals surface area contributed by atoms with E-state index in [4.69, 9.17) is 0 Å². The molecule has 0 spiro atoms. The molecular weight excluding hydrogens is 211 g/mol. The van der Waals surface area contributed by atoms with Crippen molar-refractivity contribution in [1.29, 1.82) is 0 Å². The van der Waals surface area contributed by atoms with Gasteiger partial charge in [-0.25, -0.2) is 8.42 Å². The van der Waals surface area contributed by atoms with Crippen molar-refractivity contribution in [2.24, 2.45) is 5.16 Å². The van der Waals surface area contributed by atoms with Gasteiger partial charge in [0.1, 0.15) is 11.9 Å². The van der Waals surface area contributed by atoms with E-state index in [9.17, 15) is 21.6 Å². The van der Waals surface area contributed by atoms with Gasteiger partial charge in [0.2, 0.25) is 0 Å². The highest BCUT2D eigenvalue weighted by Gasteiger charge is 2.53. The molecule has 0 aromatic heterocycles. The van der Waals surface area contributed by atoms with Crippen molar-refractivity contribution >= 4 is 15.5 Å². The number of nitrogens with zero attached hydrogens (tertiary/aromatic N) is 1. The molecule has 0 N–H and O–H groups in total. The molecule has 1 rings (SSSR count). The average Bonchev–Trinajstić information content (AvgIpc) is 2.32. The number of oxime groups is 1. The Balaban J connectivity index is 3.03. The summed E-state index contributed by atoms with van der Waals surface area (Å²) >= 11 is 0. The first-order valence-corrected chi connectivity index (χ1v) is 4.78. The molecule has 0 saturated carbocycles. The number of rotatable bonds is 1. The average molecular weight is 217 g/mol. The molecule has 0 radical (unpaired) electrons. The van der Waals surface area contributed by atoms with Gasteiger partial charge in [0.15, 0.2) is 0 Å². The second kappa shape index (κ2) is 2.86. The maximum atomic E-state index is 12.0. The monoisotopic (exact) mass is 217 g/mol. The van der Waals surface area contributed by atoms with Crippen molar-refractivity contribution in [3.8, 4) is 0 Å². The predicted octanol–water partition coefficient (Wildman–Crippen LogP) is 0.696.